The summed E-state index contributed by atoms with van der Waals surface area (Å²) in [5.74, 6) is -4.48. The predicted molar refractivity (Wildman–Crippen MR) is 60.8 cm³/mol. The average molecular weight is 269 g/mol. The van der Waals surface area contributed by atoms with Gasteiger partial charge < -0.3 is 9.32 Å². The Balaban J connectivity index is 2.19. The lowest BCUT2D eigenvalue weighted by Gasteiger charge is -2.15. The average Bonchev–Trinajstić information content (AvgIpc) is 2.87. The van der Waals surface area contributed by atoms with E-state index in [1.807, 2.05) is 0 Å². The lowest BCUT2D eigenvalue weighted by atomic mass is 10.2. The van der Waals surface area contributed by atoms with Crippen molar-refractivity contribution in [3.8, 4) is 0 Å². The Morgan fingerprint density at radius 2 is 1.89 bits per heavy atom. The highest BCUT2D eigenvalue weighted by Gasteiger charge is 2.18. The molecule has 0 aliphatic rings. The zero-order valence-corrected chi connectivity index (χ0v) is 9.99. The number of carbonyl (C=O) groups excluding carboxylic acids is 1. The molecule has 1 aromatic heterocycles. The van der Waals surface area contributed by atoms with Gasteiger partial charge in [-0.1, -0.05) is 0 Å². The number of carbonyl (C=O) groups is 1. The van der Waals surface area contributed by atoms with Crippen molar-refractivity contribution in [2.24, 2.45) is 0 Å². The summed E-state index contributed by atoms with van der Waals surface area (Å²) in [5, 5.41) is 0. The normalized spacial score (nSPS) is 10.5. The second-order valence-corrected chi connectivity index (χ2v) is 3.99. The molecule has 6 heteroatoms. The summed E-state index contributed by atoms with van der Waals surface area (Å²) in [4.78, 5) is 13.1. The van der Waals surface area contributed by atoms with Crippen LogP contribution in [0.25, 0.3) is 0 Å². The van der Waals surface area contributed by atoms with E-state index in [-0.39, 0.29) is 12.1 Å². The molecule has 0 atom stereocenters. The SMILES string of the molecule is CN(Cc1ccco1)C(=O)c1cc(F)c(F)c(F)c1. The monoisotopic (exact) mass is 269 g/mol. The minimum atomic E-state index is -1.59. The minimum absolute atomic E-state index is 0.145. The van der Waals surface area contributed by atoms with Crippen LogP contribution in [0.3, 0.4) is 0 Å². The number of amides is 1. The van der Waals surface area contributed by atoms with E-state index < -0.39 is 23.4 Å². The highest BCUT2D eigenvalue weighted by atomic mass is 19.2. The molecular formula is C13H10F3NO2. The van der Waals surface area contributed by atoms with Gasteiger partial charge in [-0.25, -0.2) is 13.2 Å². The molecule has 0 radical (unpaired) electrons. The molecule has 3 nitrogen and oxygen atoms in total. The molecule has 19 heavy (non-hydrogen) atoms. The number of hydrogen-bond acceptors (Lipinski definition) is 2. The zero-order chi connectivity index (χ0) is 14.0. The predicted octanol–water partition coefficient (Wildman–Crippen LogP) is 2.97. The molecule has 2 rings (SSSR count). The van der Waals surface area contributed by atoms with Crippen LogP contribution < -0.4 is 0 Å². The fraction of sp³-hybridized carbons (Fsp3) is 0.154. The fourth-order valence-corrected chi connectivity index (χ4v) is 1.61. The van der Waals surface area contributed by atoms with Crippen LogP contribution in [0.15, 0.2) is 34.9 Å². The van der Waals surface area contributed by atoms with Crippen molar-refractivity contribution in [2.45, 2.75) is 6.54 Å². The molecule has 0 fully saturated rings. The second kappa shape index (κ2) is 5.17. The molecule has 0 aliphatic heterocycles. The Morgan fingerprint density at radius 3 is 2.42 bits per heavy atom. The highest BCUT2D eigenvalue weighted by molar-refractivity contribution is 5.94. The van der Waals surface area contributed by atoms with Crippen LogP contribution in [0.2, 0.25) is 0 Å². The molecule has 100 valence electrons. The standard InChI is InChI=1S/C13H10F3NO2/c1-17(7-9-3-2-4-19-9)13(18)8-5-10(14)12(16)11(15)6-8/h2-6H,7H2,1H3. The molecule has 0 unspecified atom stereocenters. The lowest BCUT2D eigenvalue weighted by Crippen LogP contribution is -2.26. The summed E-state index contributed by atoms with van der Waals surface area (Å²) < 4.78 is 43.9. The summed E-state index contributed by atoms with van der Waals surface area (Å²) in [7, 11) is 1.45. The third-order valence-electron chi connectivity index (χ3n) is 2.55. The molecule has 0 N–H and O–H groups in total. The van der Waals surface area contributed by atoms with Gasteiger partial charge in [-0.05, 0) is 24.3 Å². The summed E-state index contributed by atoms with van der Waals surface area (Å²) in [6.07, 6.45) is 1.45. The van der Waals surface area contributed by atoms with Crippen molar-refractivity contribution >= 4 is 5.91 Å². The van der Waals surface area contributed by atoms with Crippen LogP contribution in [0, 0.1) is 17.5 Å². The summed E-state index contributed by atoms with van der Waals surface area (Å²) >= 11 is 0. The second-order valence-electron chi connectivity index (χ2n) is 3.99. The van der Waals surface area contributed by atoms with Crippen molar-refractivity contribution in [3.63, 3.8) is 0 Å². The summed E-state index contributed by atoms with van der Waals surface area (Å²) in [5.41, 5.74) is -0.259. The van der Waals surface area contributed by atoms with Crippen molar-refractivity contribution < 1.29 is 22.4 Å². The zero-order valence-electron chi connectivity index (χ0n) is 9.99. The van der Waals surface area contributed by atoms with Gasteiger partial charge >= 0.3 is 0 Å². The van der Waals surface area contributed by atoms with E-state index in [0.717, 1.165) is 0 Å². The van der Waals surface area contributed by atoms with E-state index >= 15 is 0 Å². The van der Waals surface area contributed by atoms with E-state index in [9.17, 15) is 18.0 Å². The van der Waals surface area contributed by atoms with Crippen molar-refractivity contribution in [1.29, 1.82) is 0 Å². The van der Waals surface area contributed by atoms with E-state index in [1.165, 1.54) is 18.2 Å². The van der Waals surface area contributed by atoms with Gasteiger partial charge in [0.15, 0.2) is 17.5 Å². The van der Waals surface area contributed by atoms with Crippen LogP contribution in [-0.2, 0) is 6.54 Å². The number of hydrogen-bond donors (Lipinski definition) is 0. The quantitative estimate of drug-likeness (QED) is 0.803. The number of halogens is 3. The van der Waals surface area contributed by atoms with Crippen LogP contribution in [0.5, 0.6) is 0 Å². The largest absolute Gasteiger partial charge is 0.467 e. The van der Waals surface area contributed by atoms with E-state index in [1.54, 1.807) is 12.1 Å². The Kier molecular flexibility index (Phi) is 3.59. The molecule has 1 heterocycles. The maximum Gasteiger partial charge on any atom is 0.254 e. The molecule has 0 saturated carbocycles. The number of benzene rings is 1. The first-order valence-corrected chi connectivity index (χ1v) is 5.41. The number of furan rings is 1. The molecule has 1 amide bonds. The maximum absolute atomic E-state index is 13.0. The Hall–Kier alpha value is -2.24. The topological polar surface area (TPSA) is 33.5 Å². The molecule has 0 aliphatic carbocycles. The van der Waals surface area contributed by atoms with Crippen molar-refractivity contribution in [3.05, 3.63) is 59.3 Å². The fourth-order valence-electron chi connectivity index (χ4n) is 1.61. The molecular weight excluding hydrogens is 259 g/mol. The van der Waals surface area contributed by atoms with Gasteiger partial charge in [0.05, 0.1) is 12.8 Å². The van der Waals surface area contributed by atoms with Gasteiger partial charge in [0, 0.05) is 12.6 Å². The third-order valence-corrected chi connectivity index (χ3v) is 2.55. The minimum Gasteiger partial charge on any atom is -0.467 e. The highest BCUT2D eigenvalue weighted by Crippen LogP contribution is 2.16. The first-order valence-electron chi connectivity index (χ1n) is 5.41. The molecule has 0 spiro atoms. The summed E-state index contributed by atoms with van der Waals surface area (Å²) in [6, 6.07) is 4.65. The maximum atomic E-state index is 13.0. The van der Waals surface area contributed by atoms with Crippen molar-refractivity contribution in [1.82, 2.24) is 4.90 Å². The van der Waals surface area contributed by atoms with Crippen molar-refractivity contribution in [2.75, 3.05) is 7.05 Å². The number of nitrogens with zero attached hydrogens (tertiary/aromatic N) is 1. The van der Waals surface area contributed by atoms with Gasteiger partial charge in [0.1, 0.15) is 5.76 Å². The van der Waals surface area contributed by atoms with E-state index in [4.69, 9.17) is 4.42 Å². The van der Waals surface area contributed by atoms with Gasteiger partial charge in [-0.3, -0.25) is 4.79 Å². The van der Waals surface area contributed by atoms with Crippen LogP contribution >= 0.6 is 0 Å². The first-order chi connectivity index (χ1) is 8.99. The Morgan fingerprint density at radius 1 is 1.26 bits per heavy atom. The van der Waals surface area contributed by atoms with E-state index in [2.05, 4.69) is 0 Å². The van der Waals surface area contributed by atoms with Crippen LogP contribution in [0.1, 0.15) is 16.1 Å². The van der Waals surface area contributed by atoms with Gasteiger partial charge in [0.2, 0.25) is 0 Å². The molecule has 0 bridgehead atoms. The first kappa shape index (κ1) is 13.2. The molecule has 0 saturated heterocycles. The third kappa shape index (κ3) is 2.78. The molecule has 2 aromatic rings. The van der Waals surface area contributed by atoms with Gasteiger partial charge in [0.25, 0.3) is 5.91 Å². The smallest absolute Gasteiger partial charge is 0.254 e. The van der Waals surface area contributed by atoms with Crippen LogP contribution in [0.4, 0.5) is 13.2 Å². The van der Waals surface area contributed by atoms with Gasteiger partial charge in [-0.15, -0.1) is 0 Å². The van der Waals surface area contributed by atoms with E-state index in [0.29, 0.717) is 17.9 Å². The van der Waals surface area contributed by atoms with Gasteiger partial charge in [-0.2, -0.15) is 0 Å². The summed E-state index contributed by atoms with van der Waals surface area (Å²) in [6.45, 7) is 0.145. The molecule has 1 aromatic carbocycles. The lowest BCUT2D eigenvalue weighted by molar-refractivity contribution is 0.0774. The number of rotatable bonds is 3. The van der Waals surface area contributed by atoms with Crippen LogP contribution in [-0.4, -0.2) is 17.9 Å². The Bertz CT molecular complexity index is 573. The Labute approximate surface area is 107 Å².